The van der Waals surface area contributed by atoms with Crippen LogP contribution < -0.4 is 20.9 Å². The Morgan fingerprint density at radius 3 is 2.67 bits per heavy atom. The zero-order valence-corrected chi connectivity index (χ0v) is 11.9. The minimum Gasteiger partial charge on any atom is -0.494 e. The predicted octanol–water partition coefficient (Wildman–Crippen LogP) is 0.275. The van der Waals surface area contributed by atoms with Gasteiger partial charge in [0.15, 0.2) is 11.6 Å². The first-order valence-corrected chi connectivity index (χ1v) is 6.63. The van der Waals surface area contributed by atoms with Crippen LogP contribution in [0, 0.1) is 5.82 Å². The van der Waals surface area contributed by atoms with Crippen LogP contribution in [0.4, 0.5) is 4.39 Å². The highest BCUT2D eigenvalue weighted by Crippen LogP contribution is 2.17. The van der Waals surface area contributed by atoms with Crippen molar-refractivity contribution < 1.29 is 18.7 Å². The Morgan fingerprint density at radius 2 is 2.10 bits per heavy atom. The third-order valence-corrected chi connectivity index (χ3v) is 3.39. The second-order valence-corrected chi connectivity index (χ2v) is 4.93. The number of rotatable bonds is 5. The highest BCUT2D eigenvalue weighted by molar-refractivity contribution is 5.86. The Kier molecular flexibility index (Phi) is 4.87. The lowest BCUT2D eigenvalue weighted by molar-refractivity contribution is -0.123. The van der Waals surface area contributed by atoms with E-state index in [-0.39, 0.29) is 30.0 Å². The van der Waals surface area contributed by atoms with Crippen molar-refractivity contribution >= 4 is 11.7 Å². The molecule has 1 aliphatic heterocycles. The first-order valence-electron chi connectivity index (χ1n) is 6.63. The lowest BCUT2D eigenvalue weighted by Gasteiger charge is -2.11. The average molecular weight is 295 g/mol. The molecule has 1 heterocycles. The van der Waals surface area contributed by atoms with Crippen LogP contribution in [-0.2, 0) is 16.1 Å². The molecule has 6 nitrogen and oxygen atoms in total. The number of carbonyl (C=O) groups is 2. The van der Waals surface area contributed by atoms with Crippen LogP contribution in [-0.4, -0.2) is 30.9 Å². The van der Waals surface area contributed by atoms with Crippen LogP contribution in [0.25, 0.3) is 0 Å². The summed E-state index contributed by atoms with van der Waals surface area (Å²) in [7, 11) is 1.39. The molecule has 3 N–H and O–H groups in total. The number of hydrogen-bond donors (Lipinski definition) is 3. The number of methoxy groups -OCH3 is 1. The summed E-state index contributed by atoms with van der Waals surface area (Å²) < 4.78 is 18.3. The Labute approximate surface area is 122 Å². The van der Waals surface area contributed by atoms with Gasteiger partial charge in [0.1, 0.15) is 11.8 Å². The molecule has 0 bridgehead atoms. The molecule has 1 saturated heterocycles. The molecule has 0 aliphatic carbocycles. The summed E-state index contributed by atoms with van der Waals surface area (Å²) in [5.41, 5.74) is 6.18. The fourth-order valence-electron chi connectivity index (χ4n) is 2.13. The molecule has 0 saturated carbocycles. The number of hydrogen-bond acceptors (Lipinski definition) is 5. The van der Waals surface area contributed by atoms with E-state index < -0.39 is 11.9 Å². The quantitative estimate of drug-likeness (QED) is 0.727. The Balaban J connectivity index is 1.87. The minimum absolute atomic E-state index is 0.0185. The van der Waals surface area contributed by atoms with Crippen molar-refractivity contribution in [3.8, 4) is 5.75 Å². The van der Waals surface area contributed by atoms with Gasteiger partial charge >= 0.3 is 0 Å². The summed E-state index contributed by atoms with van der Waals surface area (Å²) >= 11 is 0. The second kappa shape index (κ2) is 6.64. The zero-order valence-electron chi connectivity index (χ0n) is 11.9. The molecule has 0 aromatic heterocycles. The van der Waals surface area contributed by atoms with Gasteiger partial charge in [0.25, 0.3) is 0 Å². The standard InChI is InChI=1S/C14H18FN3O3/c1-8(19)11-6-12(18-17-11)14(20)16-7-9-3-4-13(21-2)10(15)5-9/h3-5,11-12,17-18H,6-7H2,1-2H3,(H,16,20). The van der Waals surface area contributed by atoms with E-state index in [4.69, 9.17) is 4.74 Å². The van der Waals surface area contributed by atoms with Crippen LogP contribution in [0.15, 0.2) is 18.2 Å². The maximum atomic E-state index is 13.5. The molecule has 1 fully saturated rings. The summed E-state index contributed by atoms with van der Waals surface area (Å²) in [5, 5.41) is 2.70. The van der Waals surface area contributed by atoms with Crippen molar-refractivity contribution in [3.05, 3.63) is 29.6 Å². The van der Waals surface area contributed by atoms with Gasteiger partial charge in [-0.2, -0.15) is 0 Å². The van der Waals surface area contributed by atoms with Gasteiger partial charge < -0.3 is 10.1 Å². The average Bonchev–Trinajstić information content (AvgIpc) is 2.95. The van der Waals surface area contributed by atoms with Crippen LogP contribution in [0.5, 0.6) is 5.75 Å². The first-order chi connectivity index (χ1) is 10.0. The van der Waals surface area contributed by atoms with Crippen molar-refractivity contribution in [2.24, 2.45) is 0 Å². The molecule has 0 spiro atoms. The highest BCUT2D eigenvalue weighted by atomic mass is 19.1. The number of Topliss-reactive ketones (excluding diaryl/α,β-unsaturated/α-hetero) is 1. The summed E-state index contributed by atoms with van der Waals surface area (Å²) in [4.78, 5) is 23.2. The van der Waals surface area contributed by atoms with E-state index in [2.05, 4.69) is 16.2 Å². The zero-order chi connectivity index (χ0) is 15.4. The SMILES string of the molecule is COc1ccc(CNC(=O)C2CC(C(C)=O)NN2)cc1F. The summed E-state index contributed by atoms with van der Waals surface area (Å²) in [5.74, 6) is -0.560. The van der Waals surface area contributed by atoms with Crippen LogP contribution in [0.1, 0.15) is 18.9 Å². The van der Waals surface area contributed by atoms with Gasteiger partial charge in [-0.1, -0.05) is 6.07 Å². The molecule has 0 radical (unpaired) electrons. The molecule has 2 unspecified atom stereocenters. The monoisotopic (exact) mass is 295 g/mol. The van der Waals surface area contributed by atoms with Crippen LogP contribution in [0.2, 0.25) is 0 Å². The highest BCUT2D eigenvalue weighted by Gasteiger charge is 2.31. The number of nitrogens with one attached hydrogen (secondary N) is 3. The third-order valence-electron chi connectivity index (χ3n) is 3.39. The maximum absolute atomic E-state index is 13.5. The number of halogens is 1. The first kappa shape index (κ1) is 15.4. The van der Waals surface area contributed by atoms with Gasteiger partial charge in [-0.15, -0.1) is 0 Å². The van der Waals surface area contributed by atoms with Gasteiger partial charge in [0.2, 0.25) is 5.91 Å². The molecule has 114 valence electrons. The number of hydrazine groups is 1. The number of ketones is 1. The third kappa shape index (κ3) is 3.77. The molecular formula is C14H18FN3O3. The van der Waals surface area contributed by atoms with E-state index in [1.54, 1.807) is 6.07 Å². The van der Waals surface area contributed by atoms with Crippen molar-refractivity contribution in [2.45, 2.75) is 32.0 Å². The molecule has 1 aromatic rings. The number of amides is 1. The van der Waals surface area contributed by atoms with E-state index in [1.165, 1.54) is 26.2 Å². The molecule has 2 rings (SSSR count). The molecular weight excluding hydrogens is 277 g/mol. The molecule has 21 heavy (non-hydrogen) atoms. The fraction of sp³-hybridized carbons (Fsp3) is 0.429. The summed E-state index contributed by atoms with van der Waals surface area (Å²) in [6.07, 6.45) is 0.401. The Morgan fingerprint density at radius 1 is 1.38 bits per heavy atom. The van der Waals surface area contributed by atoms with Crippen molar-refractivity contribution in [2.75, 3.05) is 7.11 Å². The second-order valence-electron chi connectivity index (χ2n) is 4.93. The van der Waals surface area contributed by atoms with E-state index in [1.807, 2.05) is 0 Å². The van der Waals surface area contributed by atoms with Crippen LogP contribution >= 0.6 is 0 Å². The summed E-state index contributed by atoms with van der Waals surface area (Å²) in [6, 6.07) is 3.69. The van der Waals surface area contributed by atoms with Crippen molar-refractivity contribution in [1.82, 2.24) is 16.2 Å². The van der Waals surface area contributed by atoms with Crippen molar-refractivity contribution in [1.29, 1.82) is 0 Å². The Bertz CT molecular complexity index is 550. The van der Waals surface area contributed by atoms with Gasteiger partial charge in [-0.05, 0) is 31.0 Å². The molecule has 1 amide bonds. The number of carbonyl (C=O) groups excluding carboxylic acids is 2. The van der Waals surface area contributed by atoms with Gasteiger partial charge in [0, 0.05) is 6.54 Å². The normalized spacial score (nSPS) is 21.1. The topological polar surface area (TPSA) is 79.5 Å². The van der Waals surface area contributed by atoms with Gasteiger partial charge in [-0.25, -0.2) is 15.2 Å². The van der Waals surface area contributed by atoms with Gasteiger partial charge in [0.05, 0.1) is 13.2 Å². The van der Waals surface area contributed by atoms with E-state index in [0.717, 1.165) is 0 Å². The number of benzene rings is 1. The van der Waals surface area contributed by atoms with Gasteiger partial charge in [-0.3, -0.25) is 9.59 Å². The smallest absolute Gasteiger partial charge is 0.238 e. The molecule has 1 aromatic carbocycles. The minimum atomic E-state index is -0.471. The van der Waals surface area contributed by atoms with E-state index in [0.29, 0.717) is 12.0 Å². The lowest BCUT2D eigenvalue weighted by Crippen LogP contribution is -2.43. The largest absolute Gasteiger partial charge is 0.494 e. The van der Waals surface area contributed by atoms with Crippen LogP contribution in [0.3, 0.4) is 0 Å². The van der Waals surface area contributed by atoms with E-state index >= 15 is 0 Å². The van der Waals surface area contributed by atoms with E-state index in [9.17, 15) is 14.0 Å². The lowest BCUT2D eigenvalue weighted by atomic mass is 10.1. The number of ether oxygens (including phenoxy) is 1. The molecule has 2 atom stereocenters. The Hall–Kier alpha value is -1.99. The predicted molar refractivity (Wildman–Crippen MR) is 73.9 cm³/mol. The molecule has 1 aliphatic rings. The summed E-state index contributed by atoms with van der Waals surface area (Å²) in [6.45, 7) is 1.68. The van der Waals surface area contributed by atoms with Crippen molar-refractivity contribution in [3.63, 3.8) is 0 Å². The maximum Gasteiger partial charge on any atom is 0.238 e. The molecule has 7 heteroatoms. The fourth-order valence-corrected chi connectivity index (χ4v) is 2.13.